The van der Waals surface area contributed by atoms with Crippen LogP contribution in [-0.4, -0.2) is 15.0 Å². The lowest BCUT2D eigenvalue weighted by Gasteiger charge is -2.18. The second-order valence-corrected chi connectivity index (χ2v) is 17.6. The molecule has 11 aromatic rings. The largest absolute Gasteiger partial charge is 0.456 e. The summed E-state index contributed by atoms with van der Waals surface area (Å²) in [4.78, 5) is 16.8. The Bertz CT molecular complexity index is 3700. The average molecular weight is 812 g/mol. The molecule has 0 spiro atoms. The number of rotatable bonds is 5. The van der Waals surface area contributed by atoms with Crippen molar-refractivity contribution in [3.63, 3.8) is 0 Å². The number of hydrogen-bond acceptors (Lipinski definition) is 5. The molecule has 1 unspecified atom stereocenters. The van der Waals surface area contributed by atoms with E-state index in [1.807, 2.05) is 11.3 Å². The van der Waals surface area contributed by atoms with Crippen molar-refractivity contribution in [1.82, 2.24) is 15.0 Å². The van der Waals surface area contributed by atoms with Crippen LogP contribution in [0.5, 0.6) is 0 Å². The van der Waals surface area contributed by atoms with Crippen LogP contribution in [0.15, 0.2) is 180 Å². The molecule has 0 saturated carbocycles. The van der Waals surface area contributed by atoms with Gasteiger partial charge in [0.25, 0.3) is 0 Å². The lowest BCUT2D eigenvalue weighted by Crippen LogP contribution is -2.12. The molecule has 8 aromatic carbocycles. The van der Waals surface area contributed by atoms with Gasteiger partial charge in [-0.25, -0.2) is 15.0 Å². The van der Waals surface area contributed by atoms with E-state index in [1.54, 1.807) is 0 Å². The maximum atomic E-state index is 6.51. The quantitative estimate of drug-likeness (QED) is 0.162. The molecule has 292 valence electrons. The van der Waals surface area contributed by atoms with Gasteiger partial charge in [0.1, 0.15) is 17.0 Å². The summed E-state index contributed by atoms with van der Waals surface area (Å²) in [6, 6.07) is 54.8. The van der Waals surface area contributed by atoms with E-state index in [0.29, 0.717) is 5.82 Å². The third kappa shape index (κ3) is 5.69. The van der Waals surface area contributed by atoms with Crippen LogP contribution in [0, 0.1) is 0 Å². The van der Waals surface area contributed by atoms with E-state index >= 15 is 0 Å². The van der Waals surface area contributed by atoms with Crippen molar-refractivity contribution in [3.8, 4) is 33.6 Å². The standard InChI is InChI=1S/C57H37N3OS/c1-2-11-35(12-3-1)55-58-56(60-57(59-55)39-27-30-53-48(33-39)46-17-8-9-20-52(46)62-53)36-23-21-34(22-24-36)40-18-10-19-51-54(40)49-32-38(26-29-50(49)61-51)37-25-28-45-43-15-5-4-13-41(43)42-14-6-7-16-44(42)47(45)31-37/h1-2,4-11,13-32,39H,3,12,33H2. The maximum absolute atomic E-state index is 6.51. The summed E-state index contributed by atoms with van der Waals surface area (Å²) in [5.74, 6) is 2.35. The van der Waals surface area contributed by atoms with Crippen LogP contribution in [0.4, 0.5) is 0 Å². The lowest BCUT2D eigenvalue weighted by atomic mass is 9.91. The van der Waals surface area contributed by atoms with Gasteiger partial charge in [-0.3, -0.25) is 0 Å². The summed E-state index contributed by atoms with van der Waals surface area (Å²) in [5.41, 5.74) is 9.83. The molecule has 2 aliphatic carbocycles. The first kappa shape index (κ1) is 35.3. The van der Waals surface area contributed by atoms with Crippen LogP contribution in [0.1, 0.15) is 40.8 Å². The van der Waals surface area contributed by atoms with Crippen LogP contribution in [0.2, 0.25) is 0 Å². The molecule has 0 aliphatic heterocycles. The predicted octanol–water partition coefficient (Wildman–Crippen LogP) is 15.5. The van der Waals surface area contributed by atoms with Gasteiger partial charge in [0.05, 0.1) is 0 Å². The van der Waals surface area contributed by atoms with Crippen LogP contribution >= 0.6 is 11.3 Å². The molecule has 4 nitrogen and oxygen atoms in total. The second kappa shape index (κ2) is 14.1. The van der Waals surface area contributed by atoms with E-state index in [9.17, 15) is 0 Å². The van der Waals surface area contributed by atoms with Gasteiger partial charge in [-0.15, -0.1) is 11.3 Å². The van der Waals surface area contributed by atoms with Crippen molar-refractivity contribution in [2.75, 3.05) is 0 Å². The molecule has 2 aliphatic rings. The van der Waals surface area contributed by atoms with E-state index in [0.717, 1.165) is 80.7 Å². The van der Waals surface area contributed by atoms with E-state index in [1.165, 1.54) is 58.4 Å². The van der Waals surface area contributed by atoms with Crippen LogP contribution in [0.25, 0.3) is 110 Å². The number of nitrogens with zero attached hydrogens (tertiary/aromatic N) is 3. The first-order valence-corrected chi connectivity index (χ1v) is 22.2. The van der Waals surface area contributed by atoms with Crippen LogP contribution in [-0.2, 0) is 6.42 Å². The van der Waals surface area contributed by atoms with Crippen molar-refractivity contribution in [2.24, 2.45) is 0 Å². The maximum Gasteiger partial charge on any atom is 0.163 e. The zero-order chi connectivity index (χ0) is 40.7. The van der Waals surface area contributed by atoms with Gasteiger partial charge < -0.3 is 4.42 Å². The highest BCUT2D eigenvalue weighted by Crippen LogP contribution is 2.43. The van der Waals surface area contributed by atoms with Gasteiger partial charge >= 0.3 is 0 Å². The third-order valence-corrected chi connectivity index (χ3v) is 14.1. The lowest BCUT2D eigenvalue weighted by molar-refractivity contribution is 0.669. The number of thiophene rings is 1. The highest BCUT2D eigenvalue weighted by atomic mass is 32.1. The summed E-state index contributed by atoms with van der Waals surface area (Å²) >= 11 is 1.86. The Morgan fingerprint density at radius 1 is 0.532 bits per heavy atom. The number of hydrogen-bond donors (Lipinski definition) is 0. The zero-order valence-electron chi connectivity index (χ0n) is 33.7. The van der Waals surface area contributed by atoms with Crippen LogP contribution in [0.3, 0.4) is 0 Å². The van der Waals surface area contributed by atoms with Crippen molar-refractivity contribution in [2.45, 2.75) is 25.2 Å². The van der Waals surface area contributed by atoms with Crippen molar-refractivity contribution >= 4 is 87.3 Å². The Morgan fingerprint density at radius 2 is 1.19 bits per heavy atom. The molecule has 0 fully saturated rings. The van der Waals surface area contributed by atoms with Crippen molar-refractivity contribution in [3.05, 3.63) is 198 Å². The molecule has 1 atom stereocenters. The minimum atomic E-state index is 0.0608. The van der Waals surface area contributed by atoms with Gasteiger partial charge in [0.15, 0.2) is 11.6 Å². The Morgan fingerprint density at radius 3 is 1.97 bits per heavy atom. The number of allylic oxidation sites excluding steroid dienone is 5. The monoisotopic (exact) mass is 811 g/mol. The topological polar surface area (TPSA) is 51.8 Å². The van der Waals surface area contributed by atoms with Gasteiger partial charge in [-0.2, -0.15) is 0 Å². The van der Waals surface area contributed by atoms with E-state index in [4.69, 9.17) is 19.4 Å². The van der Waals surface area contributed by atoms with Gasteiger partial charge in [-0.1, -0.05) is 146 Å². The molecule has 62 heavy (non-hydrogen) atoms. The summed E-state index contributed by atoms with van der Waals surface area (Å²) in [5, 5.41) is 11.2. The summed E-state index contributed by atoms with van der Waals surface area (Å²) in [7, 11) is 0. The summed E-state index contributed by atoms with van der Waals surface area (Å²) in [6.07, 6.45) is 13.8. The molecule has 0 N–H and O–H groups in total. The molecule has 3 aromatic heterocycles. The average Bonchev–Trinajstić information content (AvgIpc) is 3.92. The molecule has 0 bridgehead atoms. The molecule has 5 heteroatoms. The highest BCUT2D eigenvalue weighted by molar-refractivity contribution is 7.20. The Hall–Kier alpha value is -7.47. The third-order valence-electron chi connectivity index (χ3n) is 12.9. The van der Waals surface area contributed by atoms with Crippen LogP contribution < -0.4 is 0 Å². The zero-order valence-corrected chi connectivity index (χ0v) is 34.5. The Kier molecular flexibility index (Phi) is 8.00. The molecule has 0 amide bonds. The molecular weight excluding hydrogens is 775 g/mol. The predicted molar refractivity (Wildman–Crippen MR) is 260 cm³/mol. The molecule has 0 saturated heterocycles. The van der Waals surface area contributed by atoms with E-state index in [-0.39, 0.29) is 5.92 Å². The van der Waals surface area contributed by atoms with Crippen molar-refractivity contribution in [1.29, 1.82) is 0 Å². The smallest absolute Gasteiger partial charge is 0.163 e. The Balaban J connectivity index is 0.887. The number of aromatic nitrogens is 3. The van der Waals surface area contributed by atoms with Gasteiger partial charge in [0.2, 0.25) is 0 Å². The summed E-state index contributed by atoms with van der Waals surface area (Å²) < 4.78 is 7.84. The fourth-order valence-corrected chi connectivity index (χ4v) is 11.0. The summed E-state index contributed by atoms with van der Waals surface area (Å²) in [6.45, 7) is 0. The van der Waals surface area contributed by atoms with Crippen molar-refractivity contribution < 1.29 is 4.42 Å². The normalized spacial score (nSPS) is 15.0. The molecule has 3 heterocycles. The first-order chi connectivity index (χ1) is 30.7. The molecular formula is C57H37N3OS. The fraction of sp³-hybridized carbons (Fsp3) is 0.0702. The minimum absolute atomic E-state index is 0.0608. The fourth-order valence-electron chi connectivity index (χ4n) is 9.88. The Labute approximate surface area is 361 Å². The SMILES string of the molecule is C1=CCCC(c2nc(-c3ccc(-c4cccc5oc6ccc(-c7ccc8c9ccccc9c9ccccc9c8c7)cc6c45)cc3)nc(C3C=Cc4sc5ccccc5c4C3)n2)=C1. The van der Waals surface area contributed by atoms with E-state index < -0.39 is 0 Å². The van der Waals surface area contributed by atoms with Gasteiger partial charge in [0, 0.05) is 31.8 Å². The molecule has 0 radical (unpaired) electrons. The van der Waals surface area contributed by atoms with Gasteiger partial charge in [-0.05, 0) is 127 Å². The number of furan rings is 1. The minimum Gasteiger partial charge on any atom is -0.456 e. The molecule has 13 rings (SSSR count). The number of fused-ring (bicyclic) bond motifs is 12. The number of benzene rings is 8. The second-order valence-electron chi connectivity index (χ2n) is 16.5. The first-order valence-electron chi connectivity index (χ1n) is 21.4. The highest BCUT2D eigenvalue weighted by Gasteiger charge is 2.24. The van der Waals surface area contributed by atoms with E-state index in [2.05, 4.69) is 182 Å².